The Kier molecular flexibility index (Phi) is 2.26. The summed E-state index contributed by atoms with van der Waals surface area (Å²) < 4.78 is 38.1. The second-order valence-electron chi connectivity index (χ2n) is 4.05. The molecule has 0 unspecified atom stereocenters. The monoisotopic (exact) mass is 227 g/mol. The molecular formula is C12H12F3N. The van der Waals surface area contributed by atoms with Crippen molar-refractivity contribution in [3.05, 3.63) is 34.5 Å². The maximum absolute atomic E-state index is 12.7. The molecule has 0 aliphatic rings. The number of aryl methyl sites for hydroxylation is 3. The molecular weight excluding hydrogens is 215 g/mol. The summed E-state index contributed by atoms with van der Waals surface area (Å²) in [6, 6.07) is 3.58. The molecule has 0 atom stereocenters. The first kappa shape index (κ1) is 11.0. The molecule has 0 saturated carbocycles. The number of hydrogen-bond acceptors (Lipinski definition) is 0. The molecule has 16 heavy (non-hydrogen) atoms. The van der Waals surface area contributed by atoms with Gasteiger partial charge in [-0.1, -0.05) is 12.1 Å². The van der Waals surface area contributed by atoms with Crippen LogP contribution in [0.4, 0.5) is 13.2 Å². The van der Waals surface area contributed by atoms with Crippen LogP contribution in [0.25, 0.3) is 10.9 Å². The summed E-state index contributed by atoms with van der Waals surface area (Å²) in [6.07, 6.45) is -4.32. The fraction of sp³-hybridized carbons (Fsp3) is 0.333. The number of fused-ring (bicyclic) bond motifs is 1. The Morgan fingerprint density at radius 3 is 2.19 bits per heavy atom. The molecule has 1 aromatic carbocycles. The van der Waals surface area contributed by atoms with E-state index in [-0.39, 0.29) is 5.56 Å². The molecule has 0 bridgehead atoms. The van der Waals surface area contributed by atoms with Gasteiger partial charge in [-0.15, -0.1) is 0 Å². The fourth-order valence-electron chi connectivity index (χ4n) is 1.93. The van der Waals surface area contributed by atoms with Gasteiger partial charge in [0.1, 0.15) is 5.69 Å². The van der Waals surface area contributed by atoms with E-state index < -0.39 is 11.9 Å². The molecule has 0 amide bonds. The highest BCUT2D eigenvalue weighted by atomic mass is 19.4. The quantitative estimate of drug-likeness (QED) is 0.697. The Balaban J connectivity index is 2.83. The summed E-state index contributed by atoms with van der Waals surface area (Å²) >= 11 is 0. The van der Waals surface area contributed by atoms with Gasteiger partial charge in [-0.2, -0.15) is 13.2 Å². The van der Waals surface area contributed by atoms with Crippen LogP contribution < -0.4 is 0 Å². The van der Waals surface area contributed by atoms with Crippen molar-refractivity contribution < 1.29 is 13.2 Å². The molecule has 0 fully saturated rings. The van der Waals surface area contributed by atoms with E-state index in [1.165, 1.54) is 6.92 Å². The average molecular weight is 227 g/mol. The van der Waals surface area contributed by atoms with Gasteiger partial charge in [-0.05, 0) is 37.5 Å². The molecule has 0 aliphatic heterocycles. The normalized spacial score (nSPS) is 12.4. The van der Waals surface area contributed by atoms with Crippen molar-refractivity contribution in [1.29, 1.82) is 0 Å². The van der Waals surface area contributed by atoms with Crippen LogP contribution in [0.3, 0.4) is 0 Å². The van der Waals surface area contributed by atoms with Crippen LogP contribution in [-0.2, 0) is 6.18 Å². The van der Waals surface area contributed by atoms with E-state index in [1.54, 1.807) is 6.07 Å². The van der Waals surface area contributed by atoms with Gasteiger partial charge in [0, 0.05) is 10.9 Å². The lowest BCUT2D eigenvalue weighted by atomic mass is 10.0. The molecule has 1 heterocycles. The summed E-state index contributed by atoms with van der Waals surface area (Å²) in [4.78, 5) is 2.49. The van der Waals surface area contributed by atoms with Gasteiger partial charge in [-0.3, -0.25) is 0 Å². The lowest BCUT2D eigenvalue weighted by Crippen LogP contribution is -2.06. The molecule has 2 aromatic rings. The molecule has 0 radical (unpaired) electrons. The number of nitrogens with one attached hydrogen (secondary N) is 1. The first-order valence-corrected chi connectivity index (χ1v) is 4.98. The van der Waals surface area contributed by atoms with Crippen LogP contribution >= 0.6 is 0 Å². The lowest BCUT2D eigenvalue weighted by Gasteiger charge is -2.04. The van der Waals surface area contributed by atoms with Gasteiger partial charge >= 0.3 is 6.18 Å². The van der Waals surface area contributed by atoms with Crippen molar-refractivity contribution in [3.8, 4) is 0 Å². The molecule has 1 N–H and O–H groups in total. The van der Waals surface area contributed by atoms with Crippen LogP contribution in [0.2, 0.25) is 0 Å². The second kappa shape index (κ2) is 3.27. The Bertz CT molecular complexity index is 549. The van der Waals surface area contributed by atoms with Crippen molar-refractivity contribution in [1.82, 2.24) is 4.98 Å². The van der Waals surface area contributed by atoms with Gasteiger partial charge in [0.15, 0.2) is 0 Å². The van der Waals surface area contributed by atoms with Gasteiger partial charge in [0.2, 0.25) is 0 Å². The highest BCUT2D eigenvalue weighted by molar-refractivity contribution is 5.88. The fourth-order valence-corrected chi connectivity index (χ4v) is 1.93. The summed E-state index contributed by atoms with van der Waals surface area (Å²) in [5.41, 5.74) is 2.07. The van der Waals surface area contributed by atoms with E-state index in [1.807, 2.05) is 19.9 Å². The van der Waals surface area contributed by atoms with Gasteiger partial charge in [0.25, 0.3) is 0 Å². The largest absolute Gasteiger partial charge is 0.431 e. The first-order chi connectivity index (χ1) is 7.32. The lowest BCUT2D eigenvalue weighted by molar-refractivity contribution is -0.141. The third kappa shape index (κ3) is 1.49. The predicted molar refractivity (Wildman–Crippen MR) is 57.5 cm³/mol. The van der Waals surface area contributed by atoms with E-state index in [2.05, 4.69) is 4.98 Å². The van der Waals surface area contributed by atoms with Crippen LogP contribution in [0.1, 0.15) is 22.4 Å². The Morgan fingerprint density at radius 2 is 1.62 bits per heavy atom. The summed E-state index contributed by atoms with van der Waals surface area (Å²) in [7, 11) is 0. The Morgan fingerprint density at radius 1 is 1.00 bits per heavy atom. The highest BCUT2D eigenvalue weighted by Gasteiger charge is 2.35. The second-order valence-corrected chi connectivity index (χ2v) is 4.05. The minimum atomic E-state index is -4.32. The number of alkyl halides is 3. The van der Waals surface area contributed by atoms with Crippen molar-refractivity contribution in [3.63, 3.8) is 0 Å². The number of hydrogen-bond donors (Lipinski definition) is 1. The van der Waals surface area contributed by atoms with Gasteiger partial charge in [0.05, 0.1) is 0 Å². The van der Waals surface area contributed by atoms with E-state index >= 15 is 0 Å². The molecule has 0 saturated heterocycles. The zero-order chi connectivity index (χ0) is 12.1. The van der Waals surface area contributed by atoms with Crippen molar-refractivity contribution in [2.75, 3.05) is 0 Å². The van der Waals surface area contributed by atoms with Gasteiger partial charge < -0.3 is 4.98 Å². The van der Waals surface area contributed by atoms with Crippen molar-refractivity contribution >= 4 is 10.9 Å². The third-order valence-corrected chi connectivity index (χ3v) is 3.05. The number of benzene rings is 1. The zero-order valence-corrected chi connectivity index (χ0v) is 9.29. The van der Waals surface area contributed by atoms with Crippen LogP contribution in [0, 0.1) is 20.8 Å². The molecule has 86 valence electrons. The zero-order valence-electron chi connectivity index (χ0n) is 9.29. The minimum absolute atomic E-state index is 0.269. The highest BCUT2D eigenvalue weighted by Crippen LogP contribution is 2.36. The standard InChI is InChI=1S/C12H12F3N/c1-6-4-5-9-8(3)11(12(13,14)15)16-10(9)7(6)2/h4-5,16H,1-3H3. The van der Waals surface area contributed by atoms with Crippen LogP contribution in [0.5, 0.6) is 0 Å². The maximum Gasteiger partial charge on any atom is 0.431 e. The summed E-state index contributed by atoms with van der Waals surface area (Å²) in [6.45, 7) is 5.21. The molecule has 2 rings (SSSR count). The molecule has 4 heteroatoms. The van der Waals surface area contributed by atoms with E-state index in [0.29, 0.717) is 10.9 Å². The predicted octanol–water partition coefficient (Wildman–Crippen LogP) is 4.11. The molecule has 1 aromatic heterocycles. The number of aromatic nitrogens is 1. The van der Waals surface area contributed by atoms with E-state index in [9.17, 15) is 13.2 Å². The molecule has 0 spiro atoms. The molecule has 1 nitrogen and oxygen atoms in total. The number of halogens is 3. The first-order valence-electron chi connectivity index (χ1n) is 4.98. The van der Waals surface area contributed by atoms with Crippen LogP contribution in [0.15, 0.2) is 12.1 Å². The smallest absolute Gasteiger partial charge is 0.351 e. The van der Waals surface area contributed by atoms with E-state index in [0.717, 1.165) is 11.1 Å². The number of H-pyrrole nitrogens is 1. The van der Waals surface area contributed by atoms with Crippen molar-refractivity contribution in [2.45, 2.75) is 26.9 Å². The number of rotatable bonds is 0. The van der Waals surface area contributed by atoms with Crippen LogP contribution in [-0.4, -0.2) is 4.98 Å². The SMILES string of the molecule is Cc1ccc2c(C)c(C(F)(F)F)[nH]c2c1C. The third-order valence-electron chi connectivity index (χ3n) is 3.05. The Labute approximate surface area is 91.3 Å². The molecule has 0 aliphatic carbocycles. The average Bonchev–Trinajstić information content (AvgIpc) is 2.50. The Hall–Kier alpha value is -1.45. The summed E-state index contributed by atoms with van der Waals surface area (Å²) in [5.74, 6) is 0. The van der Waals surface area contributed by atoms with Gasteiger partial charge in [-0.25, -0.2) is 0 Å². The minimum Gasteiger partial charge on any atom is -0.351 e. The number of aromatic amines is 1. The topological polar surface area (TPSA) is 15.8 Å². The van der Waals surface area contributed by atoms with E-state index in [4.69, 9.17) is 0 Å². The summed E-state index contributed by atoms with van der Waals surface area (Å²) in [5, 5.41) is 0.649. The maximum atomic E-state index is 12.7. The van der Waals surface area contributed by atoms with Crippen molar-refractivity contribution in [2.24, 2.45) is 0 Å².